The Balaban J connectivity index is 2.03. The Morgan fingerprint density at radius 1 is 1.25 bits per heavy atom. The van der Waals surface area contributed by atoms with E-state index in [1.807, 2.05) is 6.07 Å². The summed E-state index contributed by atoms with van der Waals surface area (Å²) >= 11 is 7.08. The normalized spacial score (nSPS) is 18.0. The number of likely N-dealkylation sites (N-methyl/N-ethyl adjacent to an activating group) is 1. The molecule has 1 heterocycles. The molecule has 0 bridgehead atoms. The van der Waals surface area contributed by atoms with E-state index >= 15 is 0 Å². The molecule has 2 aromatic rings. The number of nitriles is 1. The first-order valence-electron chi connectivity index (χ1n) is 8.31. The van der Waals surface area contributed by atoms with Gasteiger partial charge in [-0.1, -0.05) is 35.5 Å². The van der Waals surface area contributed by atoms with Crippen LogP contribution < -0.4 is 10.2 Å². The van der Waals surface area contributed by atoms with Gasteiger partial charge in [0.1, 0.15) is 22.5 Å². The van der Waals surface area contributed by atoms with Crippen molar-refractivity contribution in [2.24, 2.45) is 0 Å². The minimum absolute atomic E-state index is 0.141. The van der Waals surface area contributed by atoms with Crippen LogP contribution in [-0.4, -0.2) is 24.1 Å². The molecule has 1 N–H and O–H groups in total. The van der Waals surface area contributed by atoms with Crippen molar-refractivity contribution < 1.29 is 14.0 Å². The third kappa shape index (κ3) is 4.03. The minimum Gasteiger partial charge on any atom is -0.354 e. The molecule has 142 valence electrons. The summed E-state index contributed by atoms with van der Waals surface area (Å²) in [6, 6.07) is 14.4. The number of rotatable bonds is 4. The molecule has 1 aliphatic rings. The summed E-state index contributed by atoms with van der Waals surface area (Å²) in [5.74, 6) is -1.19. The van der Waals surface area contributed by atoms with Crippen molar-refractivity contribution in [1.82, 2.24) is 5.32 Å². The number of carbonyl (C=O) groups excluding carboxylic acids is 2. The van der Waals surface area contributed by atoms with Gasteiger partial charge in [-0.15, -0.1) is 0 Å². The van der Waals surface area contributed by atoms with E-state index in [1.165, 1.54) is 24.1 Å². The predicted molar refractivity (Wildman–Crippen MR) is 107 cm³/mol. The molecular weight excluding hydrogens is 401 g/mol. The molecule has 0 spiro atoms. The number of benzene rings is 2. The van der Waals surface area contributed by atoms with Gasteiger partial charge >= 0.3 is 0 Å². The monoisotopic (exact) mass is 415 g/mol. The lowest BCUT2D eigenvalue weighted by Crippen LogP contribution is -2.31. The maximum atomic E-state index is 13.2. The lowest BCUT2D eigenvalue weighted by Gasteiger charge is -2.18. The zero-order valence-electron chi connectivity index (χ0n) is 14.8. The van der Waals surface area contributed by atoms with Gasteiger partial charge in [0.15, 0.2) is 0 Å². The lowest BCUT2D eigenvalue weighted by atomic mass is 10.1. The van der Waals surface area contributed by atoms with Crippen LogP contribution in [0.5, 0.6) is 0 Å². The van der Waals surface area contributed by atoms with Gasteiger partial charge in [-0.25, -0.2) is 4.39 Å². The second kappa shape index (κ2) is 8.46. The molecular formula is C20H15ClFN3O2S. The van der Waals surface area contributed by atoms with E-state index in [2.05, 4.69) is 5.32 Å². The van der Waals surface area contributed by atoms with E-state index in [9.17, 15) is 19.2 Å². The standard InChI is InChI=1S/C20H15ClFN3O2S/c1-24-18(26)16(11-23)20-25(15-8-4-13(21)5-9-15)19(27)17(28-20)10-12-2-6-14(22)7-3-12/h2-9,17H,10H2,1H3,(H,24,26)/b20-16+/t17-/m1/s1. The van der Waals surface area contributed by atoms with Crippen LogP contribution in [0, 0.1) is 17.1 Å². The fourth-order valence-corrected chi connectivity index (χ4v) is 4.21. The first-order chi connectivity index (χ1) is 13.4. The number of amides is 2. The fourth-order valence-electron chi connectivity index (χ4n) is 2.77. The summed E-state index contributed by atoms with van der Waals surface area (Å²) in [4.78, 5) is 26.7. The molecule has 0 radical (unpaired) electrons. The number of thioether (sulfide) groups is 1. The average molecular weight is 416 g/mol. The predicted octanol–water partition coefficient (Wildman–Crippen LogP) is 3.65. The molecule has 1 fully saturated rings. The Labute approximate surface area is 170 Å². The number of hydrogen-bond acceptors (Lipinski definition) is 4. The summed E-state index contributed by atoms with van der Waals surface area (Å²) < 4.78 is 13.2. The summed E-state index contributed by atoms with van der Waals surface area (Å²) in [7, 11) is 1.42. The highest BCUT2D eigenvalue weighted by atomic mass is 35.5. The largest absolute Gasteiger partial charge is 0.354 e. The van der Waals surface area contributed by atoms with Crippen molar-refractivity contribution in [2.75, 3.05) is 11.9 Å². The van der Waals surface area contributed by atoms with Gasteiger partial charge in [0.2, 0.25) is 5.91 Å². The summed E-state index contributed by atoms with van der Waals surface area (Å²) in [5, 5.41) is 12.1. The summed E-state index contributed by atoms with van der Waals surface area (Å²) in [6.45, 7) is 0. The van der Waals surface area contributed by atoms with Crippen molar-refractivity contribution in [3.63, 3.8) is 0 Å². The maximum Gasteiger partial charge on any atom is 0.264 e. The average Bonchev–Trinajstić information content (AvgIpc) is 3.00. The molecule has 0 aliphatic carbocycles. The van der Waals surface area contributed by atoms with Crippen LogP contribution in [0.1, 0.15) is 5.56 Å². The summed E-state index contributed by atoms with van der Waals surface area (Å²) in [5.41, 5.74) is 1.15. The lowest BCUT2D eigenvalue weighted by molar-refractivity contribution is -0.117. The van der Waals surface area contributed by atoms with Crippen LogP contribution in [0.15, 0.2) is 59.1 Å². The van der Waals surface area contributed by atoms with Gasteiger partial charge in [-0.2, -0.15) is 5.26 Å². The molecule has 3 rings (SSSR count). The molecule has 5 nitrogen and oxygen atoms in total. The summed E-state index contributed by atoms with van der Waals surface area (Å²) in [6.07, 6.45) is 0.337. The fraction of sp³-hybridized carbons (Fsp3) is 0.150. The van der Waals surface area contributed by atoms with Gasteiger partial charge in [-0.05, 0) is 48.4 Å². The zero-order chi connectivity index (χ0) is 20.3. The molecule has 1 saturated heterocycles. The van der Waals surface area contributed by atoms with E-state index < -0.39 is 11.2 Å². The number of anilines is 1. The quantitative estimate of drug-likeness (QED) is 0.611. The number of halogens is 2. The Bertz CT molecular complexity index is 984. The second-order valence-electron chi connectivity index (χ2n) is 5.96. The van der Waals surface area contributed by atoms with Crippen molar-refractivity contribution in [3.05, 3.63) is 75.5 Å². The van der Waals surface area contributed by atoms with E-state index in [0.717, 1.165) is 17.3 Å². The van der Waals surface area contributed by atoms with E-state index in [1.54, 1.807) is 36.4 Å². The van der Waals surface area contributed by atoms with Gasteiger partial charge in [0.25, 0.3) is 5.91 Å². The number of hydrogen-bond donors (Lipinski definition) is 1. The highest BCUT2D eigenvalue weighted by Crippen LogP contribution is 2.42. The SMILES string of the molecule is CNC(=O)/C(C#N)=C1/S[C@H](Cc2ccc(F)cc2)C(=O)N1c1ccc(Cl)cc1. The van der Waals surface area contributed by atoms with Crippen molar-refractivity contribution >= 4 is 40.9 Å². The molecule has 2 amide bonds. The van der Waals surface area contributed by atoms with Gasteiger partial charge < -0.3 is 5.32 Å². The highest BCUT2D eigenvalue weighted by molar-refractivity contribution is 8.05. The molecule has 0 aromatic heterocycles. The van der Waals surface area contributed by atoms with E-state index in [0.29, 0.717) is 17.1 Å². The number of nitrogens with zero attached hydrogens (tertiary/aromatic N) is 2. The van der Waals surface area contributed by atoms with Crippen LogP contribution in [0.2, 0.25) is 5.02 Å². The first-order valence-corrected chi connectivity index (χ1v) is 9.57. The highest BCUT2D eigenvalue weighted by Gasteiger charge is 2.40. The van der Waals surface area contributed by atoms with Crippen LogP contribution in [-0.2, 0) is 16.0 Å². The van der Waals surface area contributed by atoms with Gasteiger partial charge in [0.05, 0.1) is 5.25 Å². The number of nitrogens with one attached hydrogen (secondary N) is 1. The van der Waals surface area contributed by atoms with Crippen LogP contribution in [0.3, 0.4) is 0 Å². The third-order valence-corrected chi connectivity index (χ3v) is 5.67. The number of carbonyl (C=O) groups is 2. The second-order valence-corrected chi connectivity index (χ2v) is 7.59. The Kier molecular flexibility index (Phi) is 6.02. The molecule has 28 heavy (non-hydrogen) atoms. The van der Waals surface area contributed by atoms with Crippen molar-refractivity contribution in [2.45, 2.75) is 11.7 Å². The Morgan fingerprint density at radius 3 is 2.46 bits per heavy atom. The third-order valence-electron chi connectivity index (χ3n) is 4.15. The van der Waals surface area contributed by atoms with E-state index in [-0.39, 0.29) is 22.3 Å². The zero-order valence-corrected chi connectivity index (χ0v) is 16.4. The topological polar surface area (TPSA) is 73.2 Å². The molecule has 8 heteroatoms. The van der Waals surface area contributed by atoms with Crippen LogP contribution in [0.25, 0.3) is 0 Å². The van der Waals surface area contributed by atoms with Crippen molar-refractivity contribution in [1.29, 1.82) is 5.26 Å². The maximum absolute atomic E-state index is 13.2. The molecule has 2 aromatic carbocycles. The van der Waals surface area contributed by atoms with Crippen LogP contribution >= 0.6 is 23.4 Å². The molecule has 0 unspecified atom stereocenters. The minimum atomic E-state index is -0.570. The van der Waals surface area contributed by atoms with Crippen LogP contribution in [0.4, 0.5) is 10.1 Å². The van der Waals surface area contributed by atoms with Gasteiger partial charge in [0, 0.05) is 17.8 Å². The Hall–Kier alpha value is -2.82. The Morgan fingerprint density at radius 2 is 1.89 bits per heavy atom. The van der Waals surface area contributed by atoms with Crippen molar-refractivity contribution in [3.8, 4) is 6.07 Å². The molecule has 1 atom stereocenters. The first kappa shape index (κ1) is 19.9. The van der Waals surface area contributed by atoms with Gasteiger partial charge in [-0.3, -0.25) is 14.5 Å². The van der Waals surface area contributed by atoms with E-state index in [4.69, 9.17) is 11.6 Å². The smallest absolute Gasteiger partial charge is 0.264 e. The molecule has 0 saturated carbocycles. The molecule has 1 aliphatic heterocycles.